The minimum Gasteiger partial charge on any atom is -0.468 e. The normalized spacial score (nSPS) is 11.0. The zero-order valence-corrected chi connectivity index (χ0v) is 13.8. The van der Waals surface area contributed by atoms with Gasteiger partial charge in [0.05, 0.1) is 6.54 Å². The van der Waals surface area contributed by atoms with Crippen LogP contribution < -0.4 is 15.4 Å². The van der Waals surface area contributed by atoms with E-state index >= 15 is 0 Å². The molecule has 0 spiro atoms. The number of rotatable bonds is 7. The van der Waals surface area contributed by atoms with E-state index in [1.165, 1.54) is 30.5 Å². The molecule has 0 saturated heterocycles. The first-order chi connectivity index (χ1) is 12.7. The molecular formula is C17H15F4N3O3. The van der Waals surface area contributed by atoms with Gasteiger partial charge in [-0.3, -0.25) is 9.59 Å². The molecule has 1 heterocycles. The number of hydrogen-bond acceptors (Lipinski definition) is 4. The smallest absolute Gasteiger partial charge is 0.422 e. The van der Waals surface area contributed by atoms with Gasteiger partial charge in [-0.2, -0.15) is 13.2 Å². The second kappa shape index (κ2) is 8.97. The number of ether oxygens (including phenoxy) is 1. The van der Waals surface area contributed by atoms with Gasteiger partial charge < -0.3 is 15.4 Å². The lowest BCUT2D eigenvalue weighted by molar-refractivity contribution is -0.154. The van der Waals surface area contributed by atoms with E-state index in [-0.39, 0.29) is 24.5 Å². The number of amides is 2. The van der Waals surface area contributed by atoms with Gasteiger partial charge in [0.1, 0.15) is 5.82 Å². The summed E-state index contributed by atoms with van der Waals surface area (Å²) < 4.78 is 53.7. The maximum atomic E-state index is 12.8. The Morgan fingerprint density at radius 1 is 1.07 bits per heavy atom. The quantitative estimate of drug-likeness (QED) is 0.717. The zero-order valence-electron chi connectivity index (χ0n) is 13.8. The maximum Gasteiger partial charge on any atom is 0.422 e. The Hall–Kier alpha value is -3.17. The SMILES string of the molecule is O=C(CNC(=O)c1ccc(F)cc1)NCc1ccnc(OCC(F)(F)F)c1. The van der Waals surface area contributed by atoms with E-state index in [9.17, 15) is 27.2 Å². The van der Waals surface area contributed by atoms with Crippen LogP contribution in [-0.2, 0) is 11.3 Å². The third kappa shape index (κ3) is 7.30. The fourth-order valence-electron chi connectivity index (χ4n) is 1.92. The lowest BCUT2D eigenvalue weighted by Crippen LogP contribution is -2.36. The third-order valence-corrected chi connectivity index (χ3v) is 3.19. The molecule has 0 radical (unpaired) electrons. The second-order valence-electron chi connectivity index (χ2n) is 5.37. The average Bonchev–Trinajstić information content (AvgIpc) is 2.63. The van der Waals surface area contributed by atoms with Crippen molar-refractivity contribution in [3.05, 3.63) is 59.5 Å². The number of aromatic nitrogens is 1. The highest BCUT2D eigenvalue weighted by molar-refractivity contribution is 5.96. The molecule has 2 aromatic rings. The average molecular weight is 385 g/mol. The molecule has 1 aromatic carbocycles. The van der Waals surface area contributed by atoms with Crippen molar-refractivity contribution in [2.24, 2.45) is 0 Å². The largest absolute Gasteiger partial charge is 0.468 e. The molecule has 0 bridgehead atoms. The summed E-state index contributed by atoms with van der Waals surface area (Å²) >= 11 is 0. The molecule has 0 fully saturated rings. The van der Waals surface area contributed by atoms with Crippen LogP contribution in [0.25, 0.3) is 0 Å². The Labute approximate surface area is 151 Å². The Kier molecular flexibility index (Phi) is 6.69. The predicted octanol–water partition coefficient (Wildman–Crippen LogP) is 2.21. The molecule has 0 saturated carbocycles. The second-order valence-corrected chi connectivity index (χ2v) is 5.37. The van der Waals surface area contributed by atoms with Crippen molar-refractivity contribution < 1.29 is 31.9 Å². The summed E-state index contributed by atoms with van der Waals surface area (Å²) in [4.78, 5) is 27.2. The highest BCUT2D eigenvalue weighted by Crippen LogP contribution is 2.17. The summed E-state index contributed by atoms with van der Waals surface area (Å²) in [5, 5.41) is 4.86. The van der Waals surface area contributed by atoms with Crippen LogP contribution in [0.1, 0.15) is 15.9 Å². The van der Waals surface area contributed by atoms with Crippen molar-refractivity contribution in [2.45, 2.75) is 12.7 Å². The van der Waals surface area contributed by atoms with Gasteiger partial charge >= 0.3 is 6.18 Å². The molecule has 6 nitrogen and oxygen atoms in total. The number of nitrogens with zero attached hydrogens (tertiary/aromatic N) is 1. The van der Waals surface area contributed by atoms with E-state index < -0.39 is 30.4 Å². The third-order valence-electron chi connectivity index (χ3n) is 3.19. The molecular weight excluding hydrogens is 370 g/mol. The van der Waals surface area contributed by atoms with Crippen molar-refractivity contribution in [3.63, 3.8) is 0 Å². The molecule has 1 aromatic heterocycles. The van der Waals surface area contributed by atoms with Crippen LogP contribution in [0.2, 0.25) is 0 Å². The molecule has 0 aliphatic heterocycles. The number of benzene rings is 1. The van der Waals surface area contributed by atoms with E-state index in [0.29, 0.717) is 5.56 Å². The topological polar surface area (TPSA) is 80.3 Å². The lowest BCUT2D eigenvalue weighted by atomic mass is 10.2. The van der Waals surface area contributed by atoms with Crippen molar-refractivity contribution in [2.75, 3.05) is 13.2 Å². The van der Waals surface area contributed by atoms with Crippen molar-refractivity contribution >= 4 is 11.8 Å². The first-order valence-corrected chi connectivity index (χ1v) is 7.68. The van der Waals surface area contributed by atoms with Crippen LogP contribution in [-0.4, -0.2) is 36.1 Å². The summed E-state index contributed by atoms with van der Waals surface area (Å²) in [6, 6.07) is 7.57. The van der Waals surface area contributed by atoms with Gasteiger partial charge in [0, 0.05) is 24.4 Å². The van der Waals surface area contributed by atoms with Crippen LogP contribution in [0.4, 0.5) is 17.6 Å². The van der Waals surface area contributed by atoms with Gasteiger partial charge in [-0.15, -0.1) is 0 Å². The molecule has 2 rings (SSSR count). The van der Waals surface area contributed by atoms with Crippen LogP contribution >= 0.6 is 0 Å². The number of carbonyl (C=O) groups excluding carboxylic acids is 2. The van der Waals surface area contributed by atoms with Gasteiger partial charge in [0.15, 0.2) is 6.61 Å². The molecule has 0 aliphatic rings. The Balaban J connectivity index is 1.78. The predicted molar refractivity (Wildman–Crippen MR) is 86.4 cm³/mol. The first-order valence-electron chi connectivity index (χ1n) is 7.68. The van der Waals surface area contributed by atoms with E-state index in [0.717, 1.165) is 12.1 Å². The number of pyridine rings is 1. The number of halogens is 4. The summed E-state index contributed by atoms with van der Waals surface area (Å²) in [6.45, 7) is -1.78. The maximum absolute atomic E-state index is 12.8. The van der Waals surface area contributed by atoms with Gasteiger partial charge in [-0.25, -0.2) is 9.37 Å². The minimum atomic E-state index is -4.48. The zero-order chi connectivity index (χ0) is 19.9. The van der Waals surface area contributed by atoms with E-state index in [1.54, 1.807) is 0 Å². The fourth-order valence-corrected chi connectivity index (χ4v) is 1.92. The number of alkyl halides is 3. The van der Waals surface area contributed by atoms with Crippen molar-refractivity contribution in [1.29, 1.82) is 0 Å². The Bertz CT molecular complexity index is 795. The van der Waals surface area contributed by atoms with E-state index in [4.69, 9.17) is 0 Å². The minimum absolute atomic E-state index is 0.0101. The lowest BCUT2D eigenvalue weighted by Gasteiger charge is -2.10. The van der Waals surface area contributed by atoms with Gasteiger partial charge in [0.25, 0.3) is 5.91 Å². The highest BCUT2D eigenvalue weighted by atomic mass is 19.4. The Morgan fingerprint density at radius 2 is 1.78 bits per heavy atom. The van der Waals surface area contributed by atoms with E-state index in [2.05, 4.69) is 20.4 Å². The number of nitrogens with one attached hydrogen (secondary N) is 2. The summed E-state index contributed by atoms with van der Waals surface area (Å²) in [6.07, 6.45) is -3.22. The van der Waals surface area contributed by atoms with Crippen LogP contribution in [0.5, 0.6) is 5.88 Å². The summed E-state index contributed by atoms with van der Waals surface area (Å²) in [5.74, 6) is -1.76. The Morgan fingerprint density at radius 3 is 2.44 bits per heavy atom. The molecule has 2 N–H and O–H groups in total. The molecule has 27 heavy (non-hydrogen) atoms. The number of carbonyl (C=O) groups is 2. The molecule has 0 aliphatic carbocycles. The van der Waals surface area contributed by atoms with Crippen LogP contribution in [0, 0.1) is 5.82 Å². The summed E-state index contributed by atoms with van der Waals surface area (Å²) in [7, 11) is 0. The van der Waals surface area contributed by atoms with Crippen LogP contribution in [0.3, 0.4) is 0 Å². The molecule has 10 heteroatoms. The molecule has 144 valence electrons. The summed E-state index contributed by atoms with van der Waals surface area (Å²) in [5.41, 5.74) is 0.671. The van der Waals surface area contributed by atoms with Crippen LogP contribution in [0.15, 0.2) is 42.6 Å². The highest BCUT2D eigenvalue weighted by Gasteiger charge is 2.28. The van der Waals surface area contributed by atoms with Crippen molar-refractivity contribution in [1.82, 2.24) is 15.6 Å². The van der Waals surface area contributed by atoms with E-state index in [1.807, 2.05) is 0 Å². The number of hydrogen-bond donors (Lipinski definition) is 2. The molecule has 2 amide bonds. The standard InChI is InChI=1S/C17H15F4N3O3/c18-13-3-1-12(2-4-13)16(26)24-9-14(25)23-8-11-5-6-22-15(7-11)27-10-17(19,20)21/h1-7H,8-10H2,(H,23,25)(H,24,26). The molecule has 0 atom stereocenters. The van der Waals surface area contributed by atoms with Crippen molar-refractivity contribution in [3.8, 4) is 5.88 Å². The van der Waals surface area contributed by atoms with Gasteiger partial charge in [-0.05, 0) is 35.9 Å². The first kappa shape index (κ1) is 20.1. The van der Waals surface area contributed by atoms with Gasteiger partial charge in [-0.1, -0.05) is 0 Å². The monoisotopic (exact) mass is 385 g/mol. The molecule has 0 unspecified atom stereocenters. The van der Waals surface area contributed by atoms with Gasteiger partial charge in [0.2, 0.25) is 11.8 Å². The fraction of sp³-hybridized carbons (Fsp3) is 0.235.